The fourth-order valence-corrected chi connectivity index (χ4v) is 2.97. The third-order valence-corrected chi connectivity index (χ3v) is 4.15. The lowest BCUT2D eigenvalue weighted by Crippen LogP contribution is -1.89. The number of hydrogen-bond acceptors (Lipinski definition) is 1. The van der Waals surface area contributed by atoms with Gasteiger partial charge in [0.25, 0.3) is 0 Å². The molecule has 2 heteroatoms. The highest BCUT2D eigenvalue weighted by molar-refractivity contribution is 6.53. The lowest BCUT2D eigenvalue weighted by Gasteiger charge is -2.07. The molecule has 2 aromatic carbocycles. The summed E-state index contributed by atoms with van der Waals surface area (Å²) in [5, 5.41) is 9.95. The number of nitrogens with zero attached hydrogens (tertiary/aromatic N) is 1. The molecule has 3 rings (SSSR count). The van der Waals surface area contributed by atoms with Gasteiger partial charge in [0, 0.05) is 0 Å². The van der Waals surface area contributed by atoms with Crippen molar-refractivity contribution in [3.63, 3.8) is 0 Å². The summed E-state index contributed by atoms with van der Waals surface area (Å²) in [4.78, 5) is 0. The predicted molar refractivity (Wildman–Crippen MR) is 83.2 cm³/mol. The SMILES string of the molecule is N#CC(=C(Cl)c1ccc2c(c1)CCC2)c1ccccc1. The standard InChI is InChI=1S/C18H14ClN/c19-18(17(12-20)14-5-2-1-3-6-14)16-10-9-13-7-4-8-15(13)11-16/h1-3,5-6,9-11H,4,7-8H2. The fraction of sp³-hybridized carbons (Fsp3) is 0.167. The van der Waals surface area contributed by atoms with Crippen molar-refractivity contribution >= 4 is 22.2 Å². The zero-order valence-electron chi connectivity index (χ0n) is 11.1. The van der Waals surface area contributed by atoms with E-state index in [4.69, 9.17) is 11.6 Å². The minimum absolute atomic E-state index is 0.533. The maximum Gasteiger partial charge on any atom is 0.101 e. The molecule has 0 bridgehead atoms. The van der Waals surface area contributed by atoms with Gasteiger partial charge in [-0.3, -0.25) is 0 Å². The summed E-state index contributed by atoms with van der Waals surface area (Å²) in [6.07, 6.45) is 3.48. The molecule has 0 spiro atoms. The van der Waals surface area contributed by atoms with Crippen LogP contribution < -0.4 is 0 Å². The fourth-order valence-electron chi connectivity index (χ4n) is 2.70. The molecule has 1 aliphatic rings. The highest BCUT2D eigenvalue weighted by Crippen LogP contribution is 2.32. The van der Waals surface area contributed by atoms with Crippen molar-refractivity contribution in [3.05, 3.63) is 70.8 Å². The van der Waals surface area contributed by atoms with Crippen LogP contribution in [0.1, 0.15) is 28.7 Å². The van der Waals surface area contributed by atoms with Crippen LogP contribution in [0.3, 0.4) is 0 Å². The molecule has 98 valence electrons. The van der Waals surface area contributed by atoms with E-state index in [1.807, 2.05) is 36.4 Å². The third-order valence-electron chi connectivity index (χ3n) is 3.75. The molecule has 0 N–H and O–H groups in total. The number of halogens is 1. The van der Waals surface area contributed by atoms with Gasteiger partial charge in [-0.1, -0.05) is 54.1 Å². The maximum atomic E-state index is 9.41. The molecule has 0 atom stereocenters. The molecule has 0 saturated carbocycles. The van der Waals surface area contributed by atoms with Crippen molar-refractivity contribution in [1.82, 2.24) is 0 Å². The zero-order valence-corrected chi connectivity index (χ0v) is 11.8. The molecule has 20 heavy (non-hydrogen) atoms. The van der Waals surface area contributed by atoms with Gasteiger partial charge in [0.05, 0.1) is 10.6 Å². The Kier molecular flexibility index (Phi) is 3.58. The second-order valence-corrected chi connectivity index (χ2v) is 5.38. The first kappa shape index (κ1) is 13.0. The Hall–Kier alpha value is -2.04. The van der Waals surface area contributed by atoms with Gasteiger partial charge in [-0.05, 0) is 47.6 Å². The van der Waals surface area contributed by atoms with Gasteiger partial charge in [-0.15, -0.1) is 0 Å². The van der Waals surface area contributed by atoms with Gasteiger partial charge >= 0.3 is 0 Å². The number of rotatable bonds is 2. The van der Waals surface area contributed by atoms with Crippen molar-refractivity contribution in [2.45, 2.75) is 19.3 Å². The quantitative estimate of drug-likeness (QED) is 0.572. The Labute approximate surface area is 124 Å². The Bertz CT molecular complexity index is 708. The van der Waals surface area contributed by atoms with Gasteiger partial charge in [-0.25, -0.2) is 0 Å². The van der Waals surface area contributed by atoms with Crippen LogP contribution in [-0.4, -0.2) is 0 Å². The van der Waals surface area contributed by atoms with Crippen LogP contribution in [0, 0.1) is 11.3 Å². The largest absolute Gasteiger partial charge is 0.192 e. The summed E-state index contributed by atoms with van der Waals surface area (Å²) in [5.41, 5.74) is 5.11. The molecule has 0 aromatic heterocycles. The minimum atomic E-state index is 0.533. The number of aryl methyl sites for hydroxylation is 2. The van der Waals surface area contributed by atoms with Gasteiger partial charge in [0.2, 0.25) is 0 Å². The lowest BCUT2D eigenvalue weighted by atomic mass is 10.0. The van der Waals surface area contributed by atoms with E-state index < -0.39 is 0 Å². The van der Waals surface area contributed by atoms with E-state index in [0.717, 1.165) is 24.0 Å². The van der Waals surface area contributed by atoms with Crippen LogP contribution in [0.5, 0.6) is 0 Å². The number of nitriles is 1. The van der Waals surface area contributed by atoms with E-state index >= 15 is 0 Å². The average molecular weight is 280 g/mol. The normalized spacial score (nSPS) is 14.4. The lowest BCUT2D eigenvalue weighted by molar-refractivity contribution is 0.912. The summed E-state index contributed by atoms with van der Waals surface area (Å²) in [7, 11) is 0. The van der Waals surface area contributed by atoms with Crippen molar-refractivity contribution in [2.75, 3.05) is 0 Å². The highest BCUT2D eigenvalue weighted by Gasteiger charge is 2.14. The molecule has 0 amide bonds. The summed E-state index contributed by atoms with van der Waals surface area (Å²) >= 11 is 6.47. The molecule has 0 radical (unpaired) electrons. The van der Waals surface area contributed by atoms with Gasteiger partial charge < -0.3 is 0 Å². The van der Waals surface area contributed by atoms with Crippen molar-refractivity contribution in [1.29, 1.82) is 5.26 Å². The Morgan fingerprint density at radius 2 is 1.70 bits per heavy atom. The molecule has 1 nitrogen and oxygen atoms in total. The molecule has 0 aliphatic heterocycles. The molecule has 0 heterocycles. The average Bonchev–Trinajstić information content (AvgIpc) is 2.96. The van der Waals surface area contributed by atoms with Crippen LogP contribution in [0.2, 0.25) is 0 Å². The molecule has 1 aliphatic carbocycles. The van der Waals surface area contributed by atoms with Crippen LogP contribution >= 0.6 is 11.6 Å². The second kappa shape index (κ2) is 5.53. The van der Waals surface area contributed by atoms with E-state index in [9.17, 15) is 5.26 Å². The van der Waals surface area contributed by atoms with Gasteiger partial charge in [0.15, 0.2) is 0 Å². The molecule has 0 fully saturated rings. The van der Waals surface area contributed by atoms with Crippen LogP contribution in [0.25, 0.3) is 10.6 Å². The smallest absolute Gasteiger partial charge is 0.101 e. The maximum absolute atomic E-state index is 9.41. The minimum Gasteiger partial charge on any atom is -0.192 e. The Balaban J connectivity index is 2.08. The predicted octanol–water partition coefficient (Wildman–Crippen LogP) is 4.81. The van der Waals surface area contributed by atoms with Gasteiger partial charge in [0.1, 0.15) is 6.07 Å². The third kappa shape index (κ3) is 2.35. The van der Waals surface area contributed by atoms with Gasteiger partial charge in [-0.2, -0.15) is 5.26 Å². The first-order valence-electron chi connectivity index (χ1n) is 6.77. The van der Waals surface area contributed by atoms with Crippen LogP contribution in [0.4, 0.5) is 0 Å². The first-order chi connectivity index (χ1) is 9.79. The van der Waals surface area contributed by atoms with Crippen LogP contribution in [-0.2, 0) is 12.8 Å². The monoisotopic (exact) mass is 279 g/mol. The summed E-state index contributed by atoms with van der Waals surface area (Å²) in [5.74, 6) is 0. The Morgan fingerprint density at radius 3 is 2.45 bits per heavy atom. The number of allylic oxidation sites excluding steroid dienone is 1. The van der Waals surface area contributed by atoms with Crippen molar-refractivity contribution < 1.29 is 0 Å². The zero-order chi connectivity index (χ0) is 13.9. The van der Waals surface area contributed by atoms with Crippen molar-refractivity contribution in [2.24, 2.45) is 0 Å². The number of hydrogen-bond donors (Lipinski definition) is 0. The molecular formula is C18H14ClN. The topological polar surface area (TPSA) is 23.8 Å². The van der Waals surface area contributed by atoms with Crippen LogP contribution in [0.15, 0.2) is 48.5 Å². The summed E-state index contributed by atoms with van der Waals surface area (Å²) in [6, 6.07) is 18.1. The number of fused-ring (bicyclic) bond motifs is 1. The molecule has 0 unspecified atom stereocenters. The highest BCUT2D eigenvalue weighted by atomic mass is 35.5. The first-order valence-corrected chi connectivity index (χ1v) is 7.15. The second-order valence-electron chi connectivity index (χ2n) is 5.00. The molecular weight excluding hydrogens is 266 g/mol. The molecule has 2 aromatic rings. The van der Waals surface area contributed by atoms with E-state index in [1.165, 1.54) is 17.5 Å². The van der Waals surface area contributed by atoms with Crippen molar-refractivity contribution in [3.8, 4) is 6.07 Å². The number of benzene rings is 2. The van der Waals surface area contributed by atoms with E-state index in [-0.39, 0.29) is 0 Å². The van der Waals surface area contributed by atoms with E-state index in [2.05, 4.69) is 18.2 Å². The van der Waals surface area contributed by atoms with E-state index in [1.54, 1.807) is 0 Å². The van der Waals surface area contributed by atoms with E-state index in [0.29, 0.717) is 10.6 Å². The summed E-state index contributed by atoms with van der Waals surface area (Å²) < 4.78 is 0. The Morgan fingerprint density at radius 1 is 0.950 bits per heavy atom. The summed E-state index contributed by atoms with van der Waals surface area (Å²) in [6.45, 7) is 0. The molecule has 0 saturated heterocycles.